The van der Waals surface area contributed by atoms with Crippen molar-refractivity contribution >= 4 is 33.3 Å². The van der Waals surface area contributed by atoms with Crippen LogP contribution in [0.1, 0.15) is 51.0 Å². The lowest BCUT2D eigenvalue weighted by Crippen LogP contribution is -2.37. The van der Waals surface area contributed by atoms with Gasteiger partial charge in [0.05, 0.1) is 38.0 Å². The van der Waals surface area contributed by atoms with Crippen molar-refractivity contribution in [1.82, 2.24) is 0 Å². The second-order valence-electron chi connectivity index (χ2n) is 7.64. The maximum atomic E-state index is 11.7. The van der Waals surface area contributed by atoms with E-state index in [-0.39, 0.29) is 23.8 Å². The standard InChI is InChI=1S/C12H15NO4S.C11H13NO2.C2H6/c1-17-12(14)10-7-8-13(18(2,15)16)11-6-4-3-5-9(10)11;1-14-11(13)9-6-7-12-10-5-3-2-4-8(9)10;1-2/h3-6,10H,7-8H2,1-2H3;2-5,9,12H,6-7H2,1H3;1-2H3/i;;1D. The highest BCUT2D eigenvalue weighted by Gasteiger charge is 2.33. The first kappa shape index (κ1) is 25.6. The summed E-state index contributed by atoms with van der Waals surface area (Å²) in [5.41, 5.74) is 3.38. The van der Waals surface area contributed by atoms with Gasteiger partial charge in [-0.3, -0.25) is 13.9 Å². The monoisotopic (exact) mass is 491 g/mol. The molecule has 4 rings (SSSR count). The number of hydrogen-bond donors (Lipinski definition) is 1. The number of sulfonamides is 1. The molecule has 0 amide bonds. The Morgan fingerprint density at radius 3 is 2.09 bits per heavy atom. The maximum absolute atomic E-state index is 11.7. The Balaban J connectivity index is 0.000000227. The summed E-state index contributed by atoms with van der Waals surface area (Å²) in [5, 5.41) is 3.26. The molecule has 2 heterocycles. The van der Waals surface area contributed by atoms with Crippen molar-refractivity contribution in [2.24, 2.45) is 0 Å². The topological polar surface area (TPSA) is 102 Å². The van der Waals surface area contributed by atoms with Crippen LogP contribution in [0.25, 0.3) is 0 Å². The molecule has 2 aliphatic heterocycles. The van der Waals surface area contributed by atoms with Crippen LogP contribution in [0, 0.1) is 0 Å². The third kappa shape index (κ3) is 6.28. The van der Waals surface area contributed by atoms with Gasteiger partial charge in [-0.25, -0.2) is 8.42 Å². The fraction of sp³-hybridized carbons (Fsp3) is 0.440. The second kappa shape index (κ2) is 12.4. The van der Waals surface area contributed by atoms with E-state index < -0.39 is 10.0 Å². The number of esters is 2. The molecule has 9 heteroatoms. The number of nitrogens with one attached hydrogen (secondary N) is 1. The number of fused-ring (bicyclic) bond motifs is 2. The number of carbonyl (C=O) groups is 2. The summed E-state index contributed by atoms with van der Waals surface area (Å²) in [4.78, 5) is 23.2. The summed E-state index contributed by atoms with van der Waals surface area (Å²) >= 11 is 0. The number of carbonyl (C=O) groups excluding carboxylic acids is 2. The number of para-hydroxylation sites is 2. The first-order valence-electron chi connectivity index (χ1n) is 11.7. The largest absolute Gasteiger partial charge is 0.469 e. The third-order valence-corrected chi connectivity index (χ3v) is 6.84. The number of nitrogens with zero attached hydrogens (tertiary/aromatic N) is 1. The smallest absolute Gasteiger partial charge is 0.313 e. The Labute approximate surface area is 203 Å². The lowest BCUT2D eigenvalue weighted by Gasteiger charge is -2.32. The van der Waals surface area contributed by atoms with Crippen molar-refractivity contribution in [3.05, 3.63) is 59.7 Å². The highest BCUT2D eigenvalue weighted by Crippen LogP contribution is 2.37. The van der Waals surface area contributed by atoms with Gasteiger partial charge in [-0.05, 0) is 36.1 Å². The van der Waals surface area contributed by atoms with Crippen molar-refractivity contribution < 1.29 is 28.9 Å². The van der Waals surface area contributed by atoms with Crippen LogP contribution in [-0.2, 0) is 29.1 Å². The van der Waals surface area contributed by atoms with Gasteiger partial charge in [-0.15, -0.1) is 0 Å². The van der Waals surface area contributed by atoms with Gasteiger partial charge < -0.3 is 14.8 Å². The summed E-state index contributed by atoms with van der Waals surface area (Å²) in [5.74, 6) is -0.948. The summed E-state index contributed by atoms with van der Waals surface area (Å²) in [7, 11) is -0.535. The first-order chi connectivity index (χ1) is 16.7. The predicted molar refractivity (Wildman–Crippen MR) is 134 cm³/mol. The Hall–Kier alpha value is -3.07. The van der Waals surface area contributed by atoms with E-state index in [1.807, 2.05) is 24.3 Å². The maximum Gasteiger partial charge on any atom is 0.313 e. The van der Waals surface area contributed by atoms with Crippen molar-refractivity contribution in [1.29, 1.82) is 0 Å². The number of rotatable bonds is 3. The highest BCUT2D eigenvalue weighted by molar-refractivity contribution is 7.92. The van der Waals surface area contributed by atoms with Gasteiger partial charge in [0, 0.05) is 20.1 Å². The van der Waals surface area contributed by atoms with Crippen LogP contribution in [0.2, 0.25) is 0 Å². The summed E-state index contributed by atoms with van der Waals surface area (Å²) < 4.78 is 40.5. The molecule has 34 heavy (non-hydrogen) atoms. The normalized spacial score (nSPS) is 18.7. The minimum atomic E-state index is -3.31. The number of hydrogen-bond acceptors (Lipinski definition) is 7. The molecule has 0 radical (unpaired) electrons. The molecular formula is C25H34N2O6S. The average molecular weight is 492 g/mol. The molecule has 186 valence electrons. The number of ether oxygens (including phenoxy) is 2. The SMILES string of the molecule is COC(=O)C1CCN(S(C)(=O)=O)c2ccccc21.COC(=O)C1CCNc2ccccc21.[2H]CC. The van der Waals surface area contributed by atoms with Crippen molar-refractivity contribution in [3.8, 4) is 0 Å². The van der Waals surface area contributed by atoms with E-state index in [4.69, 9.17) is 10.8 Å². The Morgan fingerprint density at radius 1 is 0.971 bits per heavy atom. The van der Waals surface area contributed by atoms with E-state index in [9.17, 15) is 18.0 Å². The third-order valence-electron chi connectivity index (χ3n) is 5.66. The van der Waals surface area contributed by atoms with Gasteiger partial charge in [0.15, 0.2) is 0 Å². The summed E-state index contributed by atoms with van der Waals surface area (Å²) in [6.07, 6.45) is 2.42. The van der Waals surface area contributed by atoms with Gasteiger partial charge in [-0.1, -0.05) is 50.2 Å². The summed E-state index contributed by atoms with van der Waals surface area (Å²) in [6, 6.07) is 14.9. The quantitative estimate of drug-likeness (QED) is 0.650. The van der Waals surface area contributed by atoms with Crippen LogP contribution in [0.3, 0.4) is 0 Å². The minimum absolute atomic E-state index is 0.0996. The number of benzene rings is 2. The second-order valence-corrected chi connectivity index (χ2v) is 9.54. The molecule has 2 unspecified atom stereocenters. The van der Waals surface area contributed by atoms with Gasteiger partial charge >= 0.3 is 11.9 Å². The fourth-order valence-corrected chi connectivity index (χ4v) is 5.08. The highest BCUT2D eigenvalue weighted by atomic mass is 32.2. The van der Waals surface area contributed by atoms with Crippen LogP contribution in [-0.4, -0.2) is 53.9 Å². The average Bonchev–Trinajstić information content (AvgIpc) is 2.87. The van der Waals surface area contributed by atoms with E-state index in [1.165, 1.54) is 24.8 Å². The lowest BCUT2D eigenvalue weighted by atomic mass is 9.91. The van der Waals surface area contributed by atoms with E-state index in [0.29, 0.717) is 31.1 Å². The Morgan fingerprint density at radius 2 is 1.50 bits per heavy atom. The number of methoxy groups -OCH3 is 2. The van der Waals surface area contributed by atoms with E-state index in [0.717, 1.165) is 24.2 Å². The molecule has 0 bridgehead atoms. The molecule has 0 spiro atoms. The van der Waals surface area contributed by atoms with Crippen LogP contribution in [0.4, 0.5) is 11.4 Å². The zero-order valence-electron chi connectivity index (χ0n) is 21.1. The molecule has 0 aliphatic carbocycles. The Kier molecular flexibility index (Phi) is 9.33. The van der Waals surface area contributed by atoms with Gasteiger partial charge in [0.2, 0.25) is 10.0 Å². The molecule has 0 saturated heterocycles. The molecule has 2 atom stereocenters. The van der Waals surface area contributed by atoms with Crippen molar-refractivity contribution in [2.75, 3.05) is 43.2 Å². The lowest BCUT2D eigenvalue weighted by molar-refractivity contribution is -0.143. The Bertz CT molecular complexity index is 1110. The van der Waals surface area contributed by atoms with E-state index in [1.54, 1.807) is 31.2 Å². The molecular weight excluding hydrogens is 456 g/mol. The zero-order valence-corrected chi connectivity index (χ0v) is 20.9. The van der Waals surface area contributed by atoms with Crippen LogP contribution in [0.5, 0.6) is 0 Å². The van der Waals surface area contributed by atoms with Gasteiger partial charge in [0.1, 0.15) is 0 Å². The van der Waals surface area contributed by atoms with Gasteiger partial charge in [0.25, 0.3) is 0 Å². The molecule has 0 saturated carbocycles. The molecule has 1 N–H and O–H groups in total. The molecule has 2 aliphatic rings. The molecule has 2 aromatic rings. The molecule has 8 nitrogen and oxygen atoms in total. The van der Waals surface area contributed by atoms with Crippen LogP contribution in [0.15, 0.2) is 48.5 Å². The number of anilines is 2. The molecule has 0 fully saturated rings. The minimum Gasteiger partial charge on any atom is -0.469 e. The molecule has 0 aromatic heterocycles. The summed E-state index contributed by atoms with van der Waals surface area (Å²) in [6.45, 7) is 3.42. The van der Waals surface area contributed by atoms with Crippen molar-refractivity contribution in [2.45, 2.75) is 38.5 Å². The van der Waals surface area contributed by atoms with E-state index in [2.05, 4.69) is 5.32 Å². The first-order valence-corrected chi connectivity index (χ1v) is 12.9. The van der Waals surface area contributed by atoms with Gasteiger partial charge in [-0.2, -0.15) is 0 Å². The molecule has 2 aromatic carbocycles. The van der Waals surface area contributed by atoms with Crippen LogP contribution < -0.4 is 9.62 Å². The van der Waals surface area contributed by atoms with E-state index >= 15 is 0 Å². The zero-order chi connectivity index (χ0) is 26.0. The van der Waals surface area contributed by atoms with Crippen LogP contribution >= 0.6 is 0 Å². The predicted octanol–water partition coefficient (Wildman–Crippen LogP) is 3.90. The van der Waals surface area contributed by atoms with Crippen molar-refractivity contribution in [3.63, 3.8) is 0 Å². The fourth-order valence-electron chi connectivity index (χ4n) is 4.12.